The zero-order chi connectivity index (χ0) is 16.4. The van der Waals surface area contributed by atoms with E-state index in [1.165, 1.54) is 7.11 Å². The summed E-state index contributed by atoms with van der Waals surface area (Å²) < 4.78 is 10.7. The van der Waals surface area contributed by atoms with Crippen LogP contribution < -0.4 is 4.74 Å². The fourth-order valence-electron chi connectivity index (χ4n) is 2.10. The van der Waals surface area contributed by atoms with Gasteiger partial charge in [-0.05, 0) is 51.8 Å². The zero-order valence-electron chi connectivity index (χ0n) is 12.1. The first-order valence-corrected chi connectivity index (χ1v) is 7.52. The van der Waals surface area contributed by atoms with Crippen molar-refractivity contribution in [2.24, 2.45) is 4.99 Å². The molecule has 1 aliphatic rings. The molecule has 0 bridgehead atoms. The SMILES string of the molecule is COc1cc(/C=C2/N=C(c3ccccc3)OC2=O)cc(Br)c1O. The number of carbonyl (C=O) groups excluding carboxylic acids is 1. The Balaban J connectivity index is 1.98. The molecular weight excluding hydrogens is 362 g/mol. The van der Waals surface area contributed by atoms with E-state index in [-0.39, 0.29) is 17.3 Å². The normalized spacial score (nSPS) is 15.5. The Bertz CT molecular complexity index is 828. The Hall–Kier alpha value is -2.60. The van der Waals surface area contributed by atoms with Gasteiger partial charge >= 0.3 is 5.97 Å². The molecule has 5 nitrogen and oxygen atoms in total. The Kier molecular flexibility index (Phi) is 4.16. The molecule has 0 aliphatic carbocycles. The van der Waals surface area contributed by atoms with Gasteiger partial charge in [-0.3, -0.25) is 0 Å². The number of benzene rings is 2. The monoisotopic (exact) mass is 373 g/mol. The number of aromatic hydroxyl groups is 1. The van der Waals surface area contributed by atoms with E-state index >= 15 is 0 Å². The Morgan fingerprint density at radius 1 is 1.26 bits per heavy atom. The van der Waals surface area contributed by atoms with Crippen LogP contribution in [-0.4, -0.2) is 24.1 Å². The fourth-order valence-corrected chi connectivity index (χ4v) is 2.56. The van der Waals surface area contributed by atoms with Crippen LogP contribution in [0.4, 0.5) is 0 Å². The average molecular weight is 374 g/mol. The van der Waals surface area contributed by atoms with Crippen molar-refractivity contribution in [1.29, 1.82) is 0 Å². The molecule has 0 saturated carbocycles. The van der Waals surface area contributed by atoms with E-state index in [9.17, 15) is 9.90 Å². The van der Waals surface area contributed by atoms with E-state index in [1.54, 1.807) is 18.2 Å². The third-order valence-electron chi connectivity index (χ3n) is 3.22. The Labute approximate surface area is 141 Å². The number of nitrogens with zero attached hydrogens (tertiary/aromatic N) is 1. The zero-order valence-corrected chi connectivity index (χ0v) is 13.7. The number of phenolic OH excluding ortho intramolecular Hbond substituents is 1. The summed E-state index contributed by atoms with van der Waals surface area (Å²) in [6.07, 6.45) is 1.57. The van der Waals surface area contributed by atoms with Crippen LogP contribution in [0.3, 0.4) is 0 Å². The van der Waals surface area contributed by atoms with E-state index in [0.717, 1.165) is 5.56 Å². The van der Waals surface area contributed by atoms with Crippen molar-refractivity contribution in [2.75, 3.05) is 7.11 Å². The molecule has 2 aromatic rings. The minimum atomic E-state index is -0.521. The van der Waals surface area contributed by atoms with Gasteiger partial charge in [-0.15, -0.1) is 0 Å². The van der Waals surface area contributed by atoms with Crippen molar-refractivity contribution >= 4 is 33.9 Å². The van der Waals surface area contributed by atoms with Gasteiger partial charge in [0.1, 0.15) is 0 Å². The minimum absolute atomic E-state index is 0.00266. The van der Waals surface area contributed by atoms with Gasteiger partial charge in [-0.1, -0.05) is 18.2 Å². The smallest absolute Gasteiger partial charge is 0.363 e. The summed E-state index contributed by atoms with van der Waals surface area (Å²) in [5, 5.41) is 9.81. The summed E-state index contributed by atoms with van der Waals surface area (Å²) in [4.78, 5) is 16.2. The molecule has 0 amide bonds. The number of carbonyl (C=O) groups is 1. The van der Waals surface area contributed by atoms with Crippen molar-refractivity contribution in [2.45, 2.75) is 0 Å². The number of ether oxygens (including phenoxy) is 2. The number of cyclic esters (lactones) is 1. The van der Waals surface area contributed by atoms with Crippen molar-refractivity contribution in [1.82, 2.24) is 0 Å². The molecule has 0 spiro atoms. The second-order valence-electron chi connectivity index (χ2n) is 4.76. The first-order valence-electron chi connectivity index (χ1n) is 6.73. The summed E-state index contributed by atoms with van der Waals surface area (Å²) >= 11 is 3.24. The highest BCUT2D eigenvalue weighted by molar-refractivity contribution is 9.10. The second-order valence-corrected chi connectivity index (χ2v) is 5.61. The van der Waals surface area contributed by atoms with Gasteiger partial charge in [0.15, 0.2) is 17.2 Å². The highest BCUT2D eigenvalue weighted by Gasteiger charge is 2.24. The maximum atomic E-state index is 12.0. The standard InChI is InChI=1S/C17H12BrNO4/c1-22-14-9-10(7-12(18)15(14)20)8-13-17(21)23-16(19-13)11-5-3-2-4-6-11/h2-9,20H,1H3/b13-8+. The molecule has 1 N–H and O–H groups in total. The average Bonchev–Trinajstić information content (AvgIpc) is 2.92. The lowest BCUT2D eigenvalue weighted by molar-refractivity contribution is -0.129. The third-order valence-corrected chi connectivity index (χ3v) is 3.82. The van der Waals surface area contributed by atoms with Gasteiger partial charge in [0.2, 0.25) is 5.90 Å². The first kappa shape index (κ1) is 15.3. The molecule has 116 valence electrons. The largest absolute Gasteiger partial charge is 0.503 e. The van der Waals surface area contributed by atoms with Crippen LogP contribution in [-0.2, 0) is 9.53 Å². The molecule has 0 saturated heterocycles. The summed E-state index contributed by atoms with van der Waals surface area (Å²) in [6.45, 7) is 0. The maximum absolute atomic E-state index is 12.0. The minimum Gasteiger partial charge on any atom is -0.503 e. The highest BCUT2D eigenvalue weighted by Crippen LogP contribution is 2.36. The molecule has 23 heavy (non-hydrogen) atoms. The number of methoxy groups -OCH3 is 1. The van der Waals surface area contributed by atoms with Gasteiger partial charge in [0.05, 0.1) is 11.6 Å². The fraction of sp³-hybridized carbons (Fsp3) is 0.0588. The molecule has 0 fully saturated rings. The number of hydrogen-bond donors (Lipinski definition) is 1. The van der Waals surface area contributed by atoms with Gasteiger partial charge in [-0.25, -0.2) is 9.79 Å². The lowest BCUT2D eigenvalue weighted by atomic mass is 10.1. The van der Waals surface area contributed by atoms with Gasteiger partial charge in [0.25, 0.3) is 0 Å². The van der Waals surface area contributed by atoms with Crippen LogP contribution in [0.2, 0.25) is 0 Å². The molecule has 3 rings (SSSR count). The Morgan fingerprint density at radius 3 is 2.70 bits per heavy atom. The lowest BCUT2D eigenvalue weighted by Crippen LogP contribution is -2.04. The predicted octanol–water partition coefficient (Wildman–Crippen LogP) is 3.51. The molecule has 6 heteroatoms. The van der Waals surface area contributed by atoms with Crippen LogP contribution in [0, 0.1) is 0 Å². The van der Waals surface area contributed by atoms with Gasteiger partial charge < -0.3 is 14.6 Å². The van der Waals surface area contributed by atoms with Crippen molar-refractivity contribution in [3.05, 3.63) is 63.8 Å². The van der Waals surface area contributed by atoms with Crippen LogP contribution in [0.15, 0.2) is 57.6 Å². The van der Waals surface area contributed by atoms with E-state index in [2.05, 4.69) is 20.9 Å². The van der Waals surface area contributed by atoms with E-state index in [4.69, 9.17) is 9.47 Å². The summed E-state index contributed by atoms with van der Waals surface area (Å²) in [5.74, 6) is 0.0423. The van der Waals surface area contributed by atoms with Crippen LogP contribution in [0.1, 0.15) is 11.1 Å². The lowest BCUT2D eigenvalue weighted by Gasteiger charge is -2.06. The number of rotatable bonds is 3. The summed E-state index contributed by atoms with van der Waals surface area (Å²) in [6, 6.07) is 12.5. The van der Waals surface area contributed by atoms with E-state index in [1.807, 2.05) is 30.3 Å². The van der Waals surface area contributed by atoms with Crippen LogP contribution in [0.25, 0.3) is 6.08 Å². The van der Waals surface area contributed by atoms with Crippen molar-refractivity contribution < 1.29 is 19.4 Å². The topological polar surface area (TPSA) is 68.1 Å². The molecule has 0 aromatic heterocycles. The molecule has 1 aliphatic heterocycles. The number of esters is 1. The quantitative estimate of drug-likeness (QED) is 0.660. The number of aliphatic imine (C=N–C) groups is 1. The van der Waals surface area contributed by atoms with Crippen LogP contribution >= 0.6 is 15.9 Å². The number of halogens is 1. The Morgan fingerprint density at radius 2 is 2.00 bits per heavy atom. The number of hydrogen-bond acceptors (Lipinski definition) is 5. The van der Waals surface area contributed by atoms with Crippen molar-refractivity contribution in [3.8, 4) is 11.5 Å². The van der Waals surface area contributed by atoms with Crippen molar-refractivity contribution in [3.63, 3.8) is 0 Å². The third kappa shape index (κ3) is 3.12. The van der Waals surface area contributed by atoms with E-state index < -0.39 is 5.97 Å². The predicted molar refractivity (Wildman–Crippen MR) is 89.4 cm³/mol. The highest BCUT2D eigenvalue weighted by atomic mass is 79.9. The second kappa shape index (κ2) is 6.26. The van der Waals surface area contributed by atoms with Crippen LogP contribution in [0.5, 0.6) is 11.5 Å². The van der Waals surface area contributed by atoms with E-state index in [0.29, 0.717) is 15.8 Å². The molecule has 1 heterocycles. The molecule has 0 radical (unpaired) electrons. The van der Waals surface area contributed by atoms with Gasteiger partial charge in [0, 0.05) is 5.56 Å². The summed E-state index contributed by atoms with van der Waals surface area (Å²) in [7, 11) is 1.45. The molecule has 0 unspecified atom stereocenters. The molecule has 2 aromatic carbocycles. The maximum Gasteiger partial charge on any atom is 0.363 e. The number of phenols is 1. The van der Waals surface area contributed by atoms with Gasteiger partial charge in [-0.2, -0.15) is 0 Å². The molecular formula is C17H12BrNO4. The summed E-state index contributed by atoms with van der Waals surface area (Å²) in [5.41, 5.74) is 1.56. The molecule has 0 atom stereocenters. The first-order chi connectivity index (χ1) is 11.1.